The Morgan fingerprint density at radius 3 is 2.79 bits per heavy atom. The molecule has 0 bridgehead atoms. The number of aromatic amines is 1. The van der Waals surface area contributed by atoms with Gasteiger partial charge in [-0.3, -0.25) is 9.59 Å². The monoisotopic (exact) mass is 400 g/mol. The Hall–Kier alpha value is -2.90. The summed E-state index contributed by atoms with van der Waals surface area (Å²) in [6.07, 6.45) is 6.71. The second-order valence-electron chi connectivity index (χ2n) is 7.70. The Balaban J connectivity index is 1.42. The van der Waals surface area contributed by atoms with Crippen molar-refractivity contribution in [2.45, 2.75) is 50.4 Å². The number of piperidine rings is 1. The van der Waals surface area contributed by atoms with E-state index in [1.165, 1.54) is 6.08 Å². The maximum absolute atomic E-state index is 13.4. The van der Waals surface area contributed by atoms with Gasteiger partial charge in [-0.25, -0.2) is 9.37 Å². The van der Waals surface area contributed by atoms with Crippen molar-refractivity contribution in [3.05, 3.63) is 36.7 Å². The van der Waals surface area contributed by atoms with Crippen molar-refractivity contribution in [2.75, 3.05) is 13.1 Å². The average Bonchev–Trinajstić information content (AvgIpc) is 3.33. The van der Waals surface area contributed by atoms with E-state index >= 15 is 0 Å². The molecule has 2 fully saturated rings. The van der Waals surface area contributed by atoms with Gasteiger partial charge < -0.3 is 19.9 Å². The fraction of sp³-hybridized carbons (Fsp3) is 0.476. The number of halogens is 1. The van der Waals surface area contributed by atoms with Crippen LogP contribution in [0.2, 0.25) is 0 Å². The molecule has 2 aromatic heterocycles. The maximum Gasteiger partial charge on any atom is 0.253 e. The number of nitrogens with zero attached hydrogens (tertiary/aromatic N) is 2. The highest BCUT2D eigenvalue weighted by Crippen LogP contribution is 2.26. The first-order valence-electron chi connectivity index (χ1n) is 10.0. The zero-order valence-corrected chi connectivity index (χ0v) is 16.2. The first-order chi connectivity index (χ1) is 14.0. The quantitative estimate of drug-likeness (QED) is 0.756. The van der Waals surface area contributed by atoms with Crippen molar-refractivity contribution in [3.8, 4) is 5.75 Å². The second-order valence-corrected chi connectivity index (χ2v) is 7.70. The number of hydrogen-bond donors (Lipinski definition) is 2. The molecule has 1 saturated carbocycles. The molecule has 0 aromatic carbocycles. The number of amides is 2. The van der Waals surface area contributed by atoms with E-state index in [1.54, 1.807) is 17.3 Å². The standard InChI is InChI=1S/C21H25FN4O3/c1-2-19(27)26-7-5-15(6-8-26)29-16-10-17-18(12-24-20(17)23-11-16)21(28)25-14-4-3-13(22)9-14/h2,10-15H,1,3-9H2,(H,23,24)(H,25,28)/t13-,14+/m1/s1. The molecule has 3 heterocycles. The third kappa shape index (κ3) is 4.26. The van der Waals surface area contributed by atoms with E-state index in [-0.39, 0.29) is 24.0 Å². The van der Waals surface area contributed by atoms with Crippen molar-refractivity contribution in [1.82, 2.24) is 20.2 Å². The molecule has 2 aromatic rings. The summed E-state index contributed by atoms with van der Waals surface area (Å²) < 4.78 is 19.4. The van der Waals surface area contributed by atoms with Gasteiger partial charge in [0, 0.05) is 43.6 Å². The number of carbonyl (C=O) groups excluding carboxylic acids is 2. The highest BCUT2D eigenvalue weighted by atomic mass is 19.1. The Morgan fingerprint density at radius 2 is 2.10 bits per heavy atom. The van der Waals surface area contributed by atoms with Crippen LogP contribution < -0.4 is 10.1 Å². The van der Waals surface area contributed by atoms with Gasteiger partial charge in [-0.05, 0) is 31.4 Å². The Labute approximate surface area is 168 Å². The largest absolute Gasteiger partial charge is 0.489 e. The van der Waals surface area contributed by atoms with Crippen LogP contribution in [0, 0.1) is 0 Å². The number of aromatic nitrogens is 2. The Bertz CT molecular complexity index is 920. The van der Waals surface area contributed by atoms with Crippen molar-refractivity contribution in [3.63, 3.8) is 0 Å². The van der Waals surface area contributed by atoms with Crippen molar-refractivity contribution in [1.29, 1.82) is 0 Å². The van der Waals surface area contributed by atoms with Crippen LogP contribution in [0.5, 0.6) is 5.75 Å². The molecule has 7 nitrogen and oxygen atoms in total. The molecule has 1 aliphatic heterocycles. The number of rotatable bonds is 5. The van der Waals surface area contributed by atoms with Crippen molar-refractivity contribution < 1.29 is 18.7 Å². The minimum absolute atomic E-state index is 0.0145. The molecule has 154 valence electrons. The van der Waals surface area contributed by atoms with Crippen LogP contribution in [0.1, 0.15) is 42.5 Å². The molecule has 2 N–H and O–H groups in total. The lowest BCUT2D eigenvalue weighted by Gasteiger charge is -2.31. The van der Waals surface area contributed by atoms with Gasteiger partial charge >= 0.3 is 0 Å². The van der Waals surface area contributed by atoms with Crippen LogP contribution in [-0.2, 0) is 4.79 Å². The Morgan fingerprint density at radius 1 is 1.31 bits per heavy atom. The highest BCUT2D eigenvalue weighted by Gasteiger charge is 2.27. The van der Waals surface area contributed by atoms with E-state index in [2.05, 4.69) is 21.9 Å². The summed E-state index contributed by atoms with van der Waals surface area (Å²) >= 11 is 0. The number of H-pyrrole nitrogens is 1. The van der Waals surface area contributed by atoms with E-state index in [1.807, 2.05) is 6.07 Å². The lowest BCUT2D eigenvalue weighted by Crippen LogP contribution is -2.41. The number of fused-ring (bicyclic) bond motifs is 1. The fourth-order valence-electron chi connectivity index (χ4n) is 4.07. The van der Waals surface area contributed by atoms with Crippen LogP contribution in [-0.4, -0.2) is 58.1 Å². The fourth-order valence-corrected chi connectivity index (χ4v) is 4.07. The molecule has 2 aliphatic rings. The predicted molar refractivity (Wildman–Crippen MR) is 107 cm³/mol. The molecule has 4 rings (SSSR count). The third-order valence-corrected chi connectivity index (χ3v) is 5.69. The zero-order valence-electron chi connectivity index (χ0n) is 16.2. The molecule has 2 atom stereocenters. The maximum atomic E-state index is 13.4. The van der Waals surface area contributed by atoms with E-state index in [0.29, 0.717) is 54.7 Å². The minimum Gasteiger partial charge on any atom is -0.489 e. The molecule has 1 saturated heterocycles. The number of carbonyl (C=O) groups is 2. The first-order valence-corrected chi connectivity index (χ1v) is 10.0. The molecule has 0 radical (unpaired) electrons. The molecular formula is C21H25FN4O3. The van der Waals surface area contributed by atoms with Crippen molar-refractivity contribution >= 4 is 22.8 Å². The van der Waals surface area contributed by atoms with Crippen molar-refractivity contribution in [2.24, 2.45) is 0 Å². The van der Waals surface area contributed by atoms with E-state index in [0.717, 1.165) is 12.8 Å². The second kappa shape index (κ2) is 8.23. The summed E-state index contributed by atoms with van der Waals surface area (Å²) in [7, 11) is 0. The summed E-state index contributed by atoms with van der Waals surface area (Å²) in [5, 5.41) is 3.59. The van der Waals surface area contributed by atoms with Crippen LogP contribution >= 0.6 is 0 Å². The summed E-state index contributed by atoms with van der Waals surface area (Å²) in [5.41, 5.74) is 1.08. The summed E-state index contributed by atoms with van der Waals surface area (Å²) in [6.45, 7) is 4.77. The Kier molecular flexibility index (Phi) is 5.51. The molecular weight excluding hydrogens is 375 g/mol. The van der Waals surface area contributed by atoms with E-state index < -0.39 is 6.17 Å². The van der Waals surface area contributed by atoms with Gasteiger partial charge in [0.2, 0.25) is 5.91 Å². The molecule has 0 spiro atoms. The average molecular weight is 400 g/mol. The van der Waals surface area contributed by atoms with E-state index in [4.69, 9.17) is 4.74 Å². The van der Waals surface area contributed by atoms with Gasteiger partial charge in [0.1, 0.15) is 23.7 Å². The number of hydrogen-bond acceptors (Lipinski definition) is 4. The first kappa shape index (κ1) is 19.4. The summed E-state index contributed by atoms with van der Waals surface area (Å²) in [6, 6.07) is 1.68. The normalized spacial score (nSPS) is 22.6. The van der Waals surface area contributed by atoms with Gasteiger partial charge in [0.05, 0.1) is 11.8 Å². The number of ether oxygens (including phenoxy) is 1. The molecule has 0 unspecified atom stereocenters. The van der Waals surface area contributed by atoms with Crippen LogP contribution in [0.3, 0.4) is 0 Å². The molecule has 1 aliphatic carbocycles. The summed E-state index contributed by atoms with van der Waals surface area (Å²) in [4.78, 5) is 33.4. The van der Waals surface area contributed by atoms with Gasteiger partial charge in [0.25, 0.3) is 5.91 Å². The lowest BCUT2D eigenvalue weighted by atomic mass is 10.1. The molecule has 2 amide bonds. The van der Waals surface area contributed by atoms with Gasteiger partial charge in [0.15, 0.2) is 0 Å². The number of alkyl halides is 1. The number of nitrogens with one attached hydrogen (secondary N) is 2. The SMILES string of the molecule is C=CC(=O)N1CCC(Oc2cnc3[nH]cc(C(=O)N[C@H]4CC[C@@H](F)C4)c3c2)CC1. The predicted octanol–water partition coefficient (Wildman–Crippen LogP) is 2.74. The lowest BCUT2D eigenvalue weighted by molar-refractivity contribution is -0.127. The minimum atomic E-state index is -0.835. The molecule has 8 heteroatoms. The molecule has 29 heavy (non-hydrogen) atoms. The van der Waals surface area contributed by atoms with Gasteiger partial charge in [-0.1, -0.05) is 6.58 Å². The zero-order chi connectivity index (χ0) is 20.4. The summed E-state index contributed by atoms with van der Waals surface area (Å²) in [5.74, 6) is 0.297. The van der Waals surface area contributed by atoms with Crippen LogP contribution in [0.15, 0.2) is 31.1 Å². The number of likely N-dealkylation sites (tertiary alicyclic amines) is 1. The highest BCUT2D eigenvalue weighted by molar-refractivity contribution is 6.06. The topological polar surface area (TPSA) is 87.3 Å². The van der Waals surface area contributed by atoms with Crippen LogP contribution in [0.25, 0.3) is 11.0 Å². The van der Waals surface area contributed by atoms with Crippen LogP contribution in [0.4, 0.5) is 4.39 Å². The number of pyridine rings is 1. The van der Waals surface area contributed by atoms with Gasteiger partial charge in [-0.15, -0.1) is 0 Å². The van der Waals surface area contributed by atoms with Gasteiger partial charge in [-0.2, -0.15) is 0 Å². The van der Waals surface area contributed by atoms with E-state index in [9.17, 15) is 14.0 Å². The smallest absolute Gasteiger partial charge is 0.253 e. The third-order valence-electron chi connectivity index (χ3n) is 5.69.